The van der Waals surface area contributed by atoms with E-state index < -0.39 is 17.6 Å². The third-order valence-electron chi connectivity index (χ3n) is 3.93. The molecule has 2 N–H and O–H groups in total. The third-order valence-corrected chi connectivity index (χ3v) is 3.93. The van der Waals surface area contributed by atoms with Crippen molar-refractivity contribution in [3.63, 3.8) is 0 Å². The van der Waals surface area contributed by atoms with Gasteiger partial charge in [0.25, 0.3) is 0 Å². The molecule has 2 rings (SSSR count). The summed E-state index contributed by atoms with van der Waals surface area (Å²) in [7, 11) is 5.41. The molecule has 0 aromatic heterocycles. The molecule has 2 aromatic rings. The topological polar surface area (TPSA) is 39.7 Å². The zero-order valence-electron chi connectivity index (χ0n) is 15.4. The minimum atomic E-state index is -4.62. The highest BCUT2D eigenvalue weighted by Gasteiger charge is 2.33. The summed E-state index contributed by atoms with van der Waals surface area (Å²) in [5, 5.41) is 5.89. The van der Waals surface area contributed by atoms with E-state index in [1.165, 1.54) is 7.05 Å². The van der Waals surface area contributed by atoms with E-state index in [0.29, 0.717) is 18.6 Å². The Bertz CT molecular complexity index is 801. The lowest BCUT2D eigenvalue weighted by molar-refractivity contribution is -0.138. The number of alkyl halides is 3. The van der Waals surface area contributed by atoms with E-state index in [0.717, 1.165) is 23.4 Å². The number of anilines is 1. The van der Waals surface area contributed by atoms with Gasteiger partial charge >= 0.3 is 6.18 Å². The Labute approximate surface area is 155 Å². The molecule has 0 unspecified atom stereocenters. The van der Waals surface area contributed by atoms with Gasteiger partial charge in [0, 0.05) is 39.9 Å². The van der Waals surface area contributed by atoms with Crippen LogP contribution in [-0.4, -0.2) is 27.1 Å². The minimum Gasteiger partial charge on any atom is -0.378 e. The number of nitrogens with one attached hydrogen (secondary N) is 2. The van der Waals surface area contributed by atoms with Crippen molar-refractivity contribution in [2.75, 3.05) is 26.0 Å². The van der Waals surface area contributed by atoms with Crippen molar-refractivity contribution in [2.24, 2.45) is 4.99 Å². The molecular weight excluding hydrogens is 360 g/mol. The van der Waals surface area contributed by atoms with E-state index in [-0.39, 0.29) is 12.1 Å². The highest BCUT2D eigenvalue weighted by atomic mass is 19.4. The zero-order chi connectivity index (χ0) is 20.0. The first-order chi connectivity index (χ1) is 12.7. The second kappa shape index (κ2) is 8.75. The van der Waals surface area contributed by atoms with E-state index in [2.05, 4.69) is 15.6 Å². The number of aliphatic imine (C=N–C) groups is 1. The molecule has 0 spiro atoms. The molecule has 0 radical (unpaired) electrons. The van der Waals surface area contributed by atoms with Crippen LogP contribution in [0.5, 0.6) is 0 Å². The molecule has 0 atom stereocenters. The summed E-state index contributed by atoms with van der Waals surface area (Å²) in [6.45, 7) is 0.323. The average Bonchev–Trinajstić information content (AvgIpc) is 2.62. The molecule has 4 nitrogen and oxygen atoms in total. The zero-order valence-corrected chi connectivity index (χ0v) is 15.4. The standard InChI is InChI=1S/C19H22F4N4/c1-24-18(25-11-13-5-4-6-16(9-13)27(2)3)26-12-14-7-8-15(20)10-17(14)19(21,22)23/h4-10H,11-12H2,1-3H3,(H2,24,25,26). The van der Waals surface area contributed by atoms with E-state index in [9.17, 15) is 17.6 Å². The summed E-state index contributed by atoms with van der Waals surface area (Å²) in [5.41, 5.74) is 0.992. The smallest absolute Gasteiger partial charge is 0.378 e. The summed E-state index contributed by atoms with van der Waals surface area (Å²) in [5.74, 6) is -0.572. The molecule has 0 aliphatic rings. The van der Waals surface area contributed by atoms with Crippen LogP contribution in [0.25, 0.3) is 0 Å². The molecule has 0 fully saturated rings. The lowest BCUT2D eigenvalue weighted by atomic mass is 10.1. The van der Waals surface area contributed by atoms with Gasteiger partial charge in [0.1, 0.15) is 5.82 Å². The van der Waals surface area contributed by atoms with Crippen LogP contribution in [0.1, 0.15) is 16.7 Å². The molecule has 2 aromatic carbocycles. The van der Waals surface area contributed by atoms with Gasteiger partial charge in [0.2, 0.25) is 0 Å². The summed E-state index contributed by atoms with van der Waals surface area (Å²) in [6, 6.07) is 10.5. The molecule has 0 bridgehead atoms. The van der Waals surface area contributed by atoms with Crippen LogP contribution in [0.15, 0.2) is 47.5 Å². The lowest BCUT2D eigenvalue weighted by Crippen LogP contribution is -2.36. The molecule has 0 aliphatic heterocycles. The van der Waals surface area contributed by atoms with Crippen LogP contribution < -0.4 is 15.5 Å². The minimum absolute atomic E-state index is 0.0542. The quantitative estimate of drug-likeness (QED) is 0.470. The van der Waals surface area contributed by atoms with Crippen molar-refractivity contribution >= 4 is 11.6 Å². The van der Waals surface area contributed by atoms with Crippen LogP contribution in [0.4, 0.5) is 23.2 Å². The maximum Gasteiger partial charge on any atom is 0.416 e. The summed E-state index contributed by atoms with van der Waals surface area (Å²) < 4.78 is 52.4. The molecule has 146 valence electrons. The second-order valence-electron chi connectivity index (χ2n) is 6.14. The predicted molar refractivity (Wildman–Crippen MR) is 99.2 cm³/mol. The van der Waals surface area contributed by atoms with Crippen LogP contribution in [0, 0.1) is 5.82 Å². The summed E-state index contributed by atoms with van der Waals surface area (Å²) >= 11 is 0. The number of guanidine groups is 1. The number of halogens is 4. The first-order valence-electron chi connectivity index (χ1n) is 8.27. The second-order valence-corrected chi connectivity index (χ2v) is 6.14. The van der Waals surface area contributed by atoms with Crippen LogP contribution in [-0.2, 0) is 19.3 Å². The Hall–Kier alpha value is -2.77. The monoisotopic (exact) mass is 382 g/mol. The molecule has 0 aliphatic carbocycles. The highest BCUT2D eigenvalue weighted by Crippen LogP contribution is 2.32. The van der Waals surface area contributed by atoms with Crippen LogP contribution in [0.2, 0.25) is 0 Å². The van der Waals surface area contributed by atoms with Gasteiger partial charge in [-0.2, -0.15) is 13.2 Å². The van der Waals surface area contributed by atoms with Crippen molar-refractivity contribution in [1.82, 2.24) is 10.6 Å². The molecule has 0 saturated carbocycles. The number of hydrogen-bond donors (Lipinski definition) is 2. The van der Waals surface area contributed by atoms with Gasteiger partial charge in [0.05, 0.1) is 5.56 Å². The Morgan fingerprint density at radius 1 is 1.04 bits per heavy atom. The largest absolute Gasteiger partial charge is 0.416 e. The number of benzene rings is 2. The van der Waals surface area contributed by atoms with E-state index >= 15 is 0 Å². The maximum absolute atomic E-state index is 13.2. The van der Waals surface area contributed by atoms with Crippen molar-refractivity contribution in [1.29, 1.82) is 0 Å². The lowest BCUT2D eigenvalue weighted by Gasteiger charge is -2.17. The predicted octanol–water partition coefficient (Wildman–Crippen LogP) is 3.78. The number of nitrogens with zero attached hydrogens (tertiary/aromatic N) is 2. The van der Waals surface area contributed by atoms with Crippen LogP contribution >= 0.6 is 0 Å². The van der Waals surface area contributed by atoms with Crippen molar-refractivity contribution in [3.8, 4) is 0 Å². The molecule has 0 amide bonds. The molecule has 0 heterocycles. The molecule has 0 saturated heterocycles. The van der Waals surface area contributed by atoms with Gasteiger partial charge < -0.3 is 15.5 Å². The van der Waals surface area contributed by atoms with Gasteiger partial charge in [-0.3, -0.25) is 4.99 Å². The van der Waals surface area contributed by atoms with Gasteiger partial charge in [-0.05, 0) is 35.4 Å². The van der Waals surface area contributed by atoms with Gasteiger partial charge in [-0.1, -0.05) is 18.2 Å². The SMILES string of the molecule is CN=C(NCc1cccc(N(C)C)c1)NCc1ccc(F)cc1C(F)(F)F. The van der Waals surface area contributed by atoms with E-state index in [1.54, 1.807) is 0 Å². The van der Waals surface area contributed by atoms with Gasteiger partial charge in [-0.25, -0.2) is 4.39 Å². The Kier molecular flexibility index (Phi) is 6.65. The normalized spacial score (nSPS) is 12.0. The fraction of sp³-hybridized carbons (Fsp3) is 0.316. The van der Waals surface area contributed by atoms with E-state index in [1.807, 2.05) is 43.3 Å². The van der Waals surface area contributed by atoms with E-state index in [4.69, 9.17) is 0 Å². The van der Waals surface area contributed by atoms with Crippen molar-refractivity contribution in [2.45, 2.75) is 19.3 Å². The third kappa shape index (κ3) is 5.87. The Morgan fingerprint density at radius 2 is 1.74 bits per heavy atom. The number of hydrogen-bond acceptors (Lipinski definition) is 2. The average molecular weight is 382 g/mol. The molecular formula is C19H22F4N4. The summed E-state index contributed by atoms with van der Waals surface area (Å²) in [6.07, 6.45) is -4.62. The molecule has 8 heteroatoms. The first-order valence-corrected chi connectivity index (χ1v) is 8.27. The highest BCUT2D eigenvalue weighted by molar-refractivity contribution is 5.79. The Morgan fingerprint density at radius 3 is 2.37 bits per heavy atom. The van der Waals surface area contributed by atoms with Crippen molar-refractivity contribution in [3.05, 3.63) is 65.0 Å². The van der Waals surface area contributed by atoms with Gasteiger partial charge in [0.15, 0.2) is 5.96 Å². The van der Waals surface area contributed by atoms with Crippen molar-refractivity contribution < 1.29 is 17.6 Å². The van der Waals surface area contributed by atoms with Gasteiger partial charge in [-0.15, -0.1) is 0 Å². The maximum atomic E-state index is 13.2. The first kappa shape index (κ1) is 20.5. The molecule has 27 heavy (non-hydrogen) atoms. The fourth-order valence-corrected chi connectivity index (χ4v) is 2.50. The summed E-state index contributed by atoms with van der Waals surface area (Å²) in [4.78, 5) is 5.99. The van der Waals surface area contributed by atoms with Crippen LogP contribution in [0.3, 0.4) is 0 Å². The Balaban J connectivity index is 2.02. The fourth-order valence-electron chi connectivity index (χ4n) is 2.50. The number of rotatable bonds is 5.